The van der Waals surface area contributed by atoms with Gasteiger partial charge in [0.2, 0.25) is 0 Å². The monoisotopic (exact) mass is 342 g/mol. The topological polar surface area (TPSA) is 60.6 Å². The second-order valence-electron chi connectivity index (χ2n) is 6.39. The first-order chi connectivity index (χ1) is 11.4. The van der Waals surface area contributed by atoms with Crippen molar-refractivity contribution in [3.05, 3.63) is 29.6 Å². The summed E-state index contributed by atoms with van der Waals surface area (Å²) in [5.74, 6) is -0.912. The van der Waals surface area contributed by atoms with E-state index in [-0.39, 0.29) is 12.2 Å². The van der Waals surface area contributed by atoms with Crippen molar-refractivity contribution in [3.63, 3.8) is 0 Å². The molecule has 9 heteroatoms. The summed E-state index contributed by atoms with van der Waals surface area (Å²) >= 11 is 0. The van der Waals surface area contributed by atoms with Crippen molar-refractivity contribution >= 4 is 0 Å². The van der Waals surface area contributed by atoms with E-state index >= 15 is 0 Å². The van der Waals surface area contributed by atoms with Gasteiger partial charge in [0.05, 0.1) is 12.7 Å². The first-order valence-electron chi connectivity index (χ1n) is 8.08. The lowest BCUT2D eigenvalue weighted by Gasteiger charge is -2.25. The van der Waals surface area contributed by atoms with E-state index in [0.29, 0.717) is 37.9 Å². The molecule has 3 heterocycles. The normalized spacial score (nSPS) is 18.2. The predicted molar refractivity (Wildman–Crippen MR) is 81.2 cm³/mol. The number of nitrogens with zero attached hydrogens (tertiary/aromatic N) is 5. The van der Waals surface area contributed by atoms with Crippen molar-refractivity contribution < 1.29 is 13.2 Å². The van der Waals surface area contributed by atoms with Crippen LogP contribution < -0.4 is 5.32 Å². The van der Waals surface area contributed by atoms with Gasteiger partial charge in [-0.05, 0) is 26.7 Å². The molecule has 0 saturated heterocycles. The molecule has 24 heavy (non-hydrogen) atoms. The molecule has 0 amide bonds. The van der Waals surface area contributed by atoms with Crippen LogP contribution in [0.2, 0.25) is 0 Å². The first kappa shape index (κ1) is 16.9. The minimum Gasteiger partial charge on any atom is -0.313 e. The van der Waals surface area contributed by atoms with Crippen LogP contribution >= 0.6 is 0 Å². The molecule has 0 fully saturated rings. The van der Waals surface area contributed by atoms with Gasteiger partial charge in [0.25, 0.3) is 0 Å². The maximum Gasteiger partial charge on any atom is 0.398 e. The number of fused-ring (bicyclic) bond motifs is 1. The molecule has 1 aliphatic heterocycles. The standard InChI is InChI=1S/C15H21F3N6/c1-10(2)24-9-11(7-20-24)6-19-8-13-21-22-14-12(15(16,17)18)4-3-5-23(13)14/h7,9-10,12,19H,3-6,8H2,1-2H3/t12-/m0/s1. The van der Waals surface area contributed by atoms with Crippen LogP contribution in [-0.4, -0.2) is 30.7 Å². The van der Waals surface area contributed by atoms with Gasteiger partial charge in [0, 0.05) is 30.9 Å². The summed E-state index contributed by atoms with van der Waals surface area (Å²) in [6.07, 6.45) is 0.0523. The van der Waals surface area contributed by atoms with Gasteiger partial charge in [-0.2, -0.15) is 18.3 Å². The summed E-state index contributed by atoms with van der Waals surface area (Å²) in [4.78, 5) is 0. The average Bonchev–Trinajstić information content (AvgIpc) is 3.13. The molecule has 0 bridgehead atoms. The highest BCUT2D eigenvalue weighted by atomic mass is 19.4. The molecule has 1 aliphatic rings. The summed E-state index contributed by atoms with van der Waals surface area (Å²) < 4.78 is 42.7. The van der Waals surface area contributed by atoms with Crippen LogP contribution in [0.4, 0.5) is 13.2 Å². The van der Waals surface area contributed by atoms with Gasteiger partial charge in [-0.1, -0.05) is 0 Å². The largest absolute Gasteiger partial charge is 0.398 e. The van der Waals surface area contributed by atoms with Crippen molar-refractivity contribution in [3.8, 4) is 0 Å². The summed E-state index contributed by atoms with van der Waals surface area (Å²) in [6, 6.07) is 0.293. The zero-order valence-electron chi connectivity index (χ0n) is 13.7. The number of hydrogen-bond acceptors (Lipinski definition) is 4. The van der Waals surface area contributed by atoms with Crippen LogP contribution in [0.1, 0.15) is 55.9 Å². The number of aromatic nitrogens is 5. The maximum absolute atomic E-state index is 13.1. The number of hydrogen-bond donors (Lipinski definition) is 1. The lowest BCUT2D eigenvalue weighted by Crippen LogP contribution is -2.29. The van der Waals surface area contributed by atoms with Gasteiger partial charge in [0.1, 0.15) is 17.6 Å². The zero-order chi connectivity index (χ0) is 17.3. The first-order valence-corrected chi connectivity index (χ1v) is 8.08. The number of rotatable bonds is 5. The van der Waals surface area contributed by atoms with Gasteiger partial charge in [-0.25, -0.2) is 0 Å². The molecule has 3 rings (SSSR count). The Kier molecular flexibility index (Phi) is 4.62. The van der Waals surface area contributed by atoms with Gasteiger partial charge in [0.15, 0.2) is 0 Å². The number of nitrogens with one attached hydrogen (secondary N) is 1. The molecule has 0 unspecified atom stereocenters. The summed E-state index contributed by atoms with van der Waals surface area (Å²) in [5, 5.41) is 15.2. The molecule has 2 aromatic heterocycles. The second-order valence-corrected chi connectivity index (χ2v) is 6.39. The molecule has 2 aromatic rings. The molecule has 0 radical (unpaired) electrons. The van der Waals surface area contributed by atoms with Crippen LogP contribution in [0.3, 0.4) is 0 Å². The maximum atomic E-state index is 13.1. The van der Waals surface area contributed by atoms with Gasteiger partial charge >= 0.3 is 6.18 Å². The fraction of sp³-hybridized carbons (Fsp3) is 0.667. The Balaban J connectivity index is 1.63. The van der Waals surface area contributed by atoms with E-state index in [4.69, 9.17) is 0 Å². The minimum absolute atomic E-state index is 0.0400. The fourth-order valence-electron chi connectivity index (χ4n) is 2.94. The van der Waals surface area contributed by atoms with E-state index in [0.717, 1.165) is 5.56 Å². The van der Waals surface area contributed by atoms with Crippen LogP contribution in [0, 0.1) is 0 Å². The highest BCUT2D eigenvalue weighted by Crippen LogP contribution is 2.40. The van der Waals surface area contributed by atoms with Crippen molar-refractivity contribution in [2.24, 2.45) is 0 Å². The van der Waals surface area contributed by atoms with Crippen LogP contribution in [-0.2, 0) is 19.6 Å². The summed E-state index contributed by atoms with van der Waals surface area (Å²) in [5.41, 5.74) is 1.02. The second kappa shape index (κ2) is 6.54. The van der Waals surface area contributed by atoms with Crippen LogP contribution in [0.15, 0.2) is 12.4 Å². The van der Waals surface area contributed by atoms with Crippen molar-refractivity contribution in [1.82, 2.24) is 29.9 Å². The van der Waals surface area contributed by atoms with Crippen LogP contribution in [0.25, 0.3) is 0 Å². The van der Waals surface area contributed by atoms with Crippen molar-refractivity contribution in [2.75, 3.05) is 0 Å². The molecule has 0 saturated carbocycles. The molecule has 0 aliphatic carbocycles. The Hall–Kier alpha value is -1.90. The lowest BCUT2D eigenvalue weighted by molar-refractivity contribution is -0.156. The van der Waals surface area contributed by atoms with E-state index in [1.807, 2.05) is 24.7 Å². The lowest BCUT2D eigenvalue weighted by atomic mass is 9.98. The predicted octanol–water partition coefficient (Wildman–Crippen LogP) is 2.79. The third kappa shape index (κ3) is 3.45. The SMILES string of the molecule is CC(C)n1cc(CNCc2nnc3n2CCC[C@@H]3C(F)(F)F)cn1. The quantitative estimate of drug-likeness (QED) is 0.908. The van der Waals surface area contributed by atoms with E-state index in [1.54, 1.807) is 10.8 Å². The van der Waals surface area contributed by atoms with E-state index in [1.165, 1.54) is 0 Å². The Labute approximate surface area is 138 Å². The van der Waals surface area contributed by atoms with Gasteiger partial charge in [-0.15, -0.1) is 10.2 Å². The molecule has 132 valence electrons. The zero-order valence-corrected chi connectivity index (χ0v) is 13.7. The smallest absolute Gasteiger partial charge is 0.313 e. The Bertz CT molecular complexity index is 688. The van der Waals surface area contributed by atoms with Crippen molar-refractivity contribution in [1.29, 1.82) is 0 Å². The Morgan fingerprint density at radius 1 is 1.29 bits per heavy atom. The van der Waals surface area contributed by atoms with Crippen LogP contribution in [0.5, 0.6) is 0 Å². The third-order valence-corrected chi connectivity index (χ3v) is 4.23. The molecular weight excluding hydrogens is 321 g/mol. The molecule has 6 nitrogen and oxygen atoms in total. The molecule has 1 N–H and O–H groups in total. The van der Waals surface area contributed by atoms with E-state index < -0.39 is 12.1 Å². The van der Waals surface area contributed by atoms with Crippen molar-refractivity contribution in [2.45, 2.75) is 64.5 Å². The third-order valence-electron chi connectivity index (χ3n) is 4.23. The molecular formula is C15H21F3N6. The molecule has 0 spiro atoms. The van der Waals surface area contributed by atoms with E-state index in [2.05, 4.69) is 20.6 Å². The minimum atomic E-state index is -4.26. The average molecular weight is 342 g/mol. The highest BCUT2D eigenvalue weighted by Gasteiger charge is 2.45. The molecule has 1 atom stereocenters. The number of alkyl halides is 3. The summed E-state index contributed by atoms with van der Waals surface area (Å²) in [7, 11) is 0. The van der Waals surface area contributed by atoms with Gasteiger partial charge < -0.3 is 9.88 Å². The fourth-order valence-corrected chi connectivity index (χ4v) is 2.94. The Morgan fingerprint density at radius 2 is 2.08 bits per heavy atom. The summed E-state index contributed by atoms with van der Waals surface area (Å²) in [6.45, 7) is 5.59. The Morgan fingerprint density at radius 3 is 2.75 bits per heavy atom. The van der Waals surface area contributed by atoms with Gasteiger partial charge in [-0.3, -0.25) is 4.68 Å². The van der Waals surface area contributed by atoms with E-state index in [9.17, 15) is 13.2 Å². The molecule has 0 aromatic carbocycles. The number of halogens is 3. The highest BCUT2D eigenvalue weighted by molar-refractivity contribution is 5.08.